The number of nitrogens with zero attached hydrogens (tertiary/aromatic N) is 1. The lowest BCUT2D eigenvalue weighted by Gasteiger charge is -2.43. The highest BCUT2D eigenvalue weighted by Crippen LogP contribution is 2.36. The summed E-state index contributed by atoms with van der Waals surface area (Å²) in [5.74, 6) is 1.46. The molecule has 21 heavy (non-hydrogen) atoms. The zero-order chi connectivity index (χ0) is 14.9. The van der Waals surface area contributed by atoms with E-state index in [0.717, 1.165) is 43.9 Å². The van der Waals surface area contributed by atoms with Gasteiger partial charge in [-0.15, -0.1) is 0 Å². The standard InChI is InChI=1S/C16H26N2O3/c1-3-13(17)15(14-6-5-12(2)21-14)18-8-4-7-16(11-18)19-9-10-20-16/h5-6,13,15H,3-4,7-11,17H2,1-2H3. The molecule has 3 rings (SSSR count). The summed E-state index contributed by atoms with van der Waals surface area (Å²) < 4.78 is 17.6. The Labute approximate surface area is 126 Å². The molecule has 2 aliphatic heterocycles. The van der Waals surface area contributed by atoms with Crippen LogP contribution < -0.4 is 5.73 Å². The van der Waals surface area contributed by atoms with Crippen LogP contribution >= 0.6 is 0 Å². The van der Waals surface area contributed by atoms with Crippen LogP contribution in [0.25, 0.3) is 0 Å². The van der Waals surface area contributed by atoms with Gasteiger partial charge in [-0.3, -0.25) is 4.90 Å². The summed E-state index contributed by atoms with van der Waals surface area (Å²) >= 11 is 0. The molecule has 2 aliphatic rings. The summed E-state index contributed by atoms with van der Waals surface area (Å²) in [6.45, 7) is 7.25. The molecule has 2 atom stereocenters. The summed E-state index contributed by atoms with van der Waals surface area (Å²) in [5, 5.41) is 0. The fraction of sp³-hybridized carbons (Fsp3) is 0.750. The first-order chi connectivity index (χ1) is 10.1. The van der Waals surface area contributed by atoms with Crippen molar-refractivity contribution in [2.45, 2.75) is 51.0 Å². The van der Waals surface area contributed by atoms with Gasteiger partial charge in [0.1, 0.15) is 11.5 Å². The highest BCUT2D eigenvalue weighted by atomic mass is 16.7. The van der Waals surface area contributed by atoms with Gasteiger partial charge in [-0.1, -0.05) is 6.92 Å². The van der Waals surface area contributed by atoms with Crippen LogP contribution in [0, 0.1) is 6.92 Å². The van der Waals surface area contributed by atoms with E-state index in [-0.39, 0.29) is 12.1 Å². The highest BCUT2D eigenvalue weighted by Gasteiger charge is 2.44. The van der Waals surface area contributed by atoms with Crippen molar-refractivity contribution in [1.29, 1.82) is 0 Å². The van der Waals surface area contributed by atoms with E-state index in [9.17, 15) is 0 Å². The Balaban J connectivity index is 1.82. The zero-order valence-electron chi connectivity index (χ0n) is 13.0. The topological polar surface area (TPSA) is 60.9 Å². The van der Waals surface area contributed by atoms with Crippen molar-refractivity contribution >= 4 is 0 Å². The van der Waals surface area contributed by atoms with Gasteiger partial charge in [-0.25, -0.2) is 0 Å². The Kier molecular flexibility index (Phi) is 4.36. The van der Waals surface area contributed by atoms with Gasteiger partial charge < -0.3 is 19.6 Å². The third-order valence-corrected chi connectivity index (χ3v) is 4.58. The number of hydrogen-bond acceptors (Lipinski definition) is 5. The SMILES string of the molecule is CCC(N)C(c1ccc(C)o1)N1CCCC2(C1)OCCO2. The van der Waals surface area contributed by atoms with Crippen LogP contribution in [-0.2, 0) is 9.47 Å². The van der Waals surface area contributed by atoms with Crippen molar-refractivity contribution in [1.82, 2.24) is 4.90 Å². The van der Waals surface area contributed by atoms with Crippen molar-refractivity contribution in [2.75, 3.05) is 26.3 Å². The molecule has 2 unspecified atom stereocenters. The fourth-order valence-electron chi connectivity index (χ4n) is 3.49. The molecule has 5 heteroatoms. The van der Waals surface area contributed by atoms with Crippen LogP contribution in [0.5, 0.6) is 0 Å². The van der Waals surface area contributed by atoms with Crippen LogP contribution in [0.1, 0.15) is 43.7 Å². The molecule has 5 nitrogen and oxygen atoms in total. The van der Waals surface area contributed by atoms with Crippen LogP contribution in [0.15, 0.2) is 16.5 Å². The number of aryl methyl sites for hydroxylation is 1. The zero-order valence-corrected chi connectivity index (χ0v) is 13.0. The minimum atomic E-state index is -0.425. The average molecular weight is 294 g/mol. The molecule has 0 saturated carbocycles. The van der Waals surface area contributed by atoms with E-state index in [0.29, 0.717) is 13.2 Å². The number of likely N-dealkylation sites (tertiary alicyclic amines) is 1. The smallest absolute Gasteiger partial charge is 0.181 e. The normalized spacial score (nSPS) is 25.3. The minimum absolute atomic E-state index is 0.0482. The lowest BCUT2D eigenvalue weighted by molar-refractivity contribution is -0.195. The van der Waals surface area contributed by atoms with Crippen molar-refractivity contribution in [3.63, 3.8) is 0 Å². The molecule has 0 amide bonds. The average Bonchev–Trinajstić information content (AvgIpc) is 3.09. The number of furan rings is 1. The molecule has 2 N–H and O–H groups in total. The fourth-order valence-corrected chi connectivity index (χ4v) is 3.49. The predicted octanol–water partition coefficient (Wildman–Crippen LogP) is 2.21. The molecular formula is C16H26N2O3. The summed E-state index contributed by atoms with van der Waals surface area (Å²) in [7, 11) is 0. The van der Waals surface area contributed by atoms with Crippen molar-refractivity contribution in [2.24, 2.45) is 5.73 Å². The van der Waals surface area contributed by atoms with Gasteiger partial charge in [0.05, 0.1) is 25.8 Å². The number of rotatable bonds is 4. The third-order valence-electron chi connectivity index (χ3n) is 4.58. The summed E-state index contributed by atoms with van der Waals surface area (Å²) in [6.07, 6.45) is 2.94. The molecule has 1 spiro atoms. The largest absolute Gasteiger partial charge is 0.465 e. The second-order valence-corrected chi connectivity index (χ2v) is 6.15. The van der Waals surface area contributed by atoms with Crippen LogP contribution in [0.3, 0.4) is 0 Å². The van der Waals surface area contributed by atoms with Gasteiger partial charge in [0.15, 0.2) is 5.79 Å². The van der Waals surface area contributed by atoms with Gasteiger partial charge in [0.2, 0.25) is 0 Å². The van der Waals surface area contributed by atoms with Crippen LogP contribution in [-0.4, -0.2) is 43.0 Å². The first-order valence-corrected chi connectivity index (χ1v) is 7.97. The van der Waals surface area contributed by atoms with Gasteiger partial charge >= 0.3 is 0 Å². The van der Waals surface area contributed by atoms with E-state index in [1.807, 2.05) is 19.1 Å². The van der Waals surface area contributed by atoms with E-state index >= 15 is 0 Å². The van der Waals surface area contributed by atoms with E-state index < -0.39 is 5.79 Å². The van der Waals surface area contributed by atoms with Crippen molar-refractivity contribution in [3.8, 4) is 0 Å². The number of ether oxygens (including phenoxy) is 2. The van der Waals surface area contributed by atoms with Gasteiger partial charge in [0, 0.05) is 12.5 Å². The summed E-state index contributed by atoms with van der Waals surface area (Å²) in [4.78, 5) is 2.38. The molecule has 1 aromatic heterocycles. The number of hydrogen-bond donors (Lipinski definition) is 1. The number of nitrogens with two attached hydrogens (primary N) is 1. The van der Waals surface area contributed by atoms with E-state index in [1.54, 1.807) is 0 Å². The lowest BCUT2D eigenvalue weighted by Crippen LogP contribution is -2.53. The molecule has 0 radical (unpaired) electrons. The Morgan fingerprint density at radius 3 is 2.71 bits per heavy atom. The molecule has 0 aromatic carbocycles. The molecule has 2 saturated heterocycles. The molecule has 0 bridgehead atoms. The molecule has 3 heterocycles. The Hall–Kier alpha value is -0.880. The Bertz CT molecular complexity index is 468. The van der Waals surface area contributed by atoms with Crippen LogP contribution in [0.2, 0.25) is 0 Å². The molecule has 1 aromatic rings. The third kappa shape index (κ3) is 3.01. The molecule has 0 aliphatic carbocycles. The molecule has 118 valence electrons. The molecule has 2 fully saturated rings. The number of piperidine rings is 1. The predicted molar refractivity (Wildman–Crippen MR) is 79.9 cm³/mol. The highest BCUT2D eigenvalue weighted by molar-refractivity contribution is 5.13. The summed E-state index contributed by atoms with van der Waals surface area (Å²) in [5.41, 5.74) is 6.39. The van der Waals surface area contributed by atoms with E-state index in [1.165, 1.54) is 0 Å². The monoisotopic (exact) mass is 294 g/mol. The maximum absolute atomic E-state index is 6.39. The quantitative estimate of drug-likeness (QED) is 0.922. The first-order valence-electron chi connectivity index (χ1n) is 7.97. The second kappa shape index (κ2) is 6.08. The van der Waals surface area contributed by atoms with Crippen molar-refractivity contribution < 1.29 is 13.9 Å². The summed E-state index contributed by atoms with van der Waals surface area (Å²) in [6, 6.07) is 4.20. The first kappa shape index (κ1) is 15.0. The minimum Gasteiger partial charge on any atom is -0.465 e. The van der Waals surface area contributed by atoms with Gasteiger partial charge in [0.25, 0.3) is 0 Å². The van der Waals surface area contributed by atoms with Gasteiger partial charge in [-0.2, -0.15) is 0 Å². The lowest BCUT2D eigenvalue weighted by atomic mass is 9.96. The Morgan fingerprint density at radius 2 is 2.10 bits per heavy atom. The van der Waals surface area contributed by atoms with Gasteiger partial charge in [-0.05, 0) is 38.4 Å². The molecular weight excluding hydrogens is 268 g/mol. The van der Waals surface area contributed by atoms with Crippen LogP contribution in [0.4, 0.5) is 0 Å². The second-order valence-electron chi connectivity index (χ2n) is 6.15. The maximum atomic E-state index is 6.39. The maximum Gasteiger partial charge on any atom is 0.181 e. The van der Waals surface area contributed by atoms with E-state index in [4.69, 9.17) is 19.6 Å². The van der Waals surface area contributed by atoms with Crippen molar-refractivity contribution in [3.05, 3.63) is 23.7 Å². The van der Waals surface area contributed by atoms with E-state index in [2.05, 4.69) is 11.8 Å². The Morgan fingerprint density at radius 1 is 1.33 bits per heavy atom.